The molecule has 1 saturated heterocycles. The van der Waals surface area contributed by atoms with Crippen LogP contribution >= 0.6 is 0 Å². The van der Waals surface area contributed by atoms with Crippen LogP contribution in [0.15, 0.2) is 35.5 Å². The number of fused-ring (bicyclic) bond motifs is 2. The number of aliphatic hydroxyl groups is 1. The molecule has 3 heterocycles. The zero-order valence-corrected chi connectivity index (χ0v) is 17.7. The monoisotopic (exact) mass is 438 g/mol. The highest BCUT2D eigenvalue weighted by Gasteiger charge is 2.30. The van der Waals surface area contributed by atoms with Crippen molar-refractivity contribution in [2.24, 2.45) is 11.7 Å². The number of rotatable bonds is 5. The number of hydrogen-bond acceptors (Lipinski definition) is 7. The molecule has 1 unspecified atom stereocenters. The Morgan fingerprint density at radius 1 is 1.28 bits per heavy atom. The van der Waals surface area contributed by atoms with E-state index in [0.29, 0.717) is 19.4 Å². The first-order valence-corrected chi connectivity index (χ1v) is 10.8. The van der Waals surface area contributed by atoms with E-state index >= 15 is 0 Å². The van der Waals surface area contributed by atoms with Gasteiger partial charge in [-0.2, -0.15) is 5.10 Å². The number of nitrogens with zero attached hydrogens (tertiary/aromatic N) is 4. The number of imidazole rings is 1. The Morgan fingerprint density at radius 2 is 2.06 bits per heavy atom. The minimum absolute atomic E-state index is 0.201. The fourth-order valence-electron chi connectivity index (χ4n) is 4.77. The second-order valence-corrected chi connectivity index (χ2v) is 8.80. The van der Waals surface area contributed by atoms with Crippen LogP contribution in [0.25, 0.3) is 16.9 Å². The van der Waals surface area contributed by atoms with Crippen LogP contribution in [0.1, 0.15) is 24.0 Å². The summed E-state index contributed by atoms with van der Waals surface area (Å²) in [5.74, 6) is 0.209. The summed E-state index contributed by atoms with van der Waals surface area (Å²) in [5, 5.41) is 18.5. The highest BCUT2D eigenvalue weighted by molar-refractivity contribution is 5.65. The Morgan fingerprint density at radius 3 is 2.84 bits per heavy atom. The molecule has 0 spiro atoms. The van der Waals surface area contributed by atoms with E-state index in [2.05, 4.69) is 27.5 Å². The molecule has 4 N–H and O–H groups in total. The van der Waals surface area contributed by atoms with Gasteiger partial charge in [-0.05, 0) is 56.0 Å². The van der Waals surface area contributed by atoms with Crippen LogP contribution in [0.2, 0.25) is 0 Å². The van der Waals surface area contributed by atoms with Gasteiger partial charge >= 0.3 is 6.09 Å². The second kappa shape index (κ2) is 8.03. The lowest BCUT2D eigenvalue weighted by atomic mass is 9.92. The van der Waals surface area contributed by atoms with E-state index in [1.54, 1.807) is 10.7 Å². The maximum atomic E-state index is 13.0. The molecule has 1 aromatic carbocycles. The van der Waals surface area contributed by atoms with Crippen molar-refractivity contribution < 1.29 is 14.6 Å². The average molecular weight is 438 g/mol. The van der Waals surface area contributed by atoms with Crippen LogP contribution in [0.3, 0.4) is 0 Å². The molecule has 1 atom stereocenters. The third-order valence-electron chi connectivity index (χ3n) is 6.48. The van der Waals surface area contributed by atoms with Gasteiger partial charge < -0.3 is 20.9 Å². The normalized spacial score (nSPS) is 19.7. The van der Waals surface area contributed by atoms with Gasteiger partial charge in [0.25, 0.3) is 5.56 Å². The van der Waals surface area contributed by atoms with E-state index < -0.39 is 11.7 Å². The third kappa shape index (κ3) is 3.87. The van der Waals surface area contributed by atoms with Crippen LogP contribution in [-0.2, 0) is 24.1 Å². The molecule has 2 aliphatic rings. The smallest absolute Gasteiger partial charge is 0.404 e. The van der Waals surface area contributed by atoms with Crippen molar-refractivity contribution in [1.82, 2.24) is 24.5 Å². The minimum Gasteiger partial charge on any atom is -0.449 e. The standard InChI is InChI=1S/C22H26N6O4/c23-21(30)32-11-14-7-15-1-2-16(9-17(15)8-14)18-10-25-19-20(29)27(13-26-28(18)19)12-22(31)3-5-24-6-4-22/h1-2,9-10,13-14,24,31H,3-8,11-12H2,(H2,23,30). The van der Waals surface area contributed by atoms with Crippen molar-refractivity contribution in [3.63, 3.8) is 0 Å². The number of primary amides is 1. The molecule has 1 fully saturated rings. The Hall–Kier alpha value is -3.24. The van der Waals surface area contributed by atoms with Crippen molar-refractivity contribution in [2.45, 2.75) is 37.8 Å². The summed E-state index contributed by atoms with van der Waals surface area (Å²) in [5.41, 5.74) is 8.14. The number of benzene rings is 1. The van der Waals surface area contributed by atoms with Gasteiger partial charge in [0.2, 0.25) is 5.65 Å². The summed E-state index contributed by atoms with van der Waals surface area (Å²) in [7, 11) is 0. The van der Waals surface area contributed by atoms with Gasteiger partial charge in [-0.25, -0.2) is 14.3 Å². The molecular formula is C22H26N6O4. The number of nitrogens with two attached hydrogens (primary N) is 1. The minimum atomic E-state index is -0.917. The lowest BCUT2D eigenvalue weighted by Crippen LogP contribution is -2.46. The summed E-state index contributed by atoms with van der Waals surface area (Å²) < 4.78 is 7.96. The van der Waals surface area contributed by atoms with Crippen LogP contribution in [0.5, 0.6) is 0 Å². The van der Waals surface area contributed by atoms with Crippen LogP contribution in [0.4, 0.5) is 4.79 Å². The lowest BCUT2D eigenvalue weighted by Gasteiger charge is -2.32. The number of aromatic nitrogens is 4. The van der Waals surface area contributed by atoms with Gasteiger partial charge in [0, 0.05) is 11.5 Å². The highest BCUT2D eigenvalue weighted by Crippen LogP contribution is 2.31. The molecule has 5 rings (SSSR count). The zero-order valence-electron chi connectivity index (χ0n) is 17.7. The van der Waals surface area contributed by atoms with E-state index in [-0.39, 0.29) is 23.7 Å². The molecule has 1 aliphatic heterocycles. The second-order valence-electron chi connectivity index (χ2n) is 8.80. The molecule has 1 amide bonds. The number of hydrogen-bond donors (Lipinski definition) is 3. The number of carbonyl (C=O) groups is 1. The summed E-state index contributed by atoms with van der Waals surface area (Å²) in [6, 6.07) is 6.13. The van der Waals surface area contributed by atoms with Gasteiger partial charge in [-0.3, -0.25) is 9.36 Å². The van der Waals surface area contributed by atoms with Gasteiger partial charge in [0.1, 0.15) is 6.33 Å². The number of piperidine rings is 1. The van der Waals surface area contributed by atoms with Crippen LogP contribution in [0, 0.1) is 5.92 Å². The molecule has 1 aliphatic carbocycles. The molecule has 10 heteroatoms. The molecule has 168 valence electrons. The number of amides is 1. The van der Waals surface area contributed by atoms with Crippen molar-refractivity contribution in [3.05, 3.63) is 52.2 Å². The molecule has 10 nitrogen and oxygen atoms in total. The maximum absolute atomic E-state index is 13.0. The predicted molar refractivity (Wildman–Crippen MR) is 116 cm³/mol. The fraction of sp³-hybridized carbons (Fsp3) is 0.455. The number of ether oxygens (including phenoxy) is 1. The molecule has 3 aromatic rings. The first-order valence-electron chi connectivity index (χ1n) is 10.8. The Kier molecular flexibility index (Phi) is 5.18. The Bertz CT molecular complexity index is 1230. The summed E-state index contributed by atoms with van der Waals surface area (Å²) >= 11 is 0. The summed E-state index contributed by atoms with van der Waals surface area (Å²) in [6.07, 6.45) is 5.17. The van der Waals surface area contributed by atoms with Crippen LogP contribution in [-0.4, -0.2) is 55.7 Å². The van der Waals surface area contributed by atoms with Gasteiger partial charge in [-0.15, -0.1) is 0 Å². The van der Waals surface area contributed by atoms with Gasteiger partial charge in [0.05, 0.1) is 30.6 Å². The predicted octanol–water partition coefficient (Wildman–Crippen LogP) is 0.483. The maximum Gasteiger partial charge on any atom is 0.404 e. The van der Waals surface area contributed by atoms with Crippen molar-refractivity contribution in [3.8, 4) is 11.3 Å². The average Bonchev–Trinajstić information content (AvgIpc) is 3.38. The topological polar surface area (TPSA) is 137 Å². The van der Waals surface area contributed by atoms with E-state index in [0.717, 1.165) is 37.2 Å². The zero-order chi connectivity index (χ0) is 22.3. The van der Waals surface area contributed by atoms with Gasteiger partial charge in [0.15, 0.2) is 0 Å². The van der Waals surface area contributed by atoms with E-state index in [1.165, 1.54) is 22.0 Å². The molecule has 32 heavy (non-hydrogen) atoms. The van der Waals surface area contributed by atoms with Crippen molar-refractivity contribution in [2.75, 3.05) is 19.7 Å². The molecular weight excluding hydrogens is 412 g/mol. The fourth-order valence-corrected chi connectivity index (χ4v) is 4.77. The molecule has 0 saturated carbocycles. The quantitative estimate of drug-likeness (QED) is 0.527. The van der Waals surface area contributed by atoms with Crippen molar-refractivity contribution in [1.29, 1.82) is 0 Å². The van der Waals surface area contributed by atoms with Crippen LogP contribution < -0.4 is 16.6 Å². The largest absolute Gasteiger partial charge is 0.449 e. The third-order valence-corrected chi connectivity index (χ3v) is 6.48. The summed E-state index contributed by atoms with van der Waals surface area (Å²) in [6.45, 7) is 1.95. The highest BCUT2D eigenvalue weighted by atomic mass is 16.5. The molecule has 0 radical (unpaired) electrons. The SMILES string of the molecule is NC(=O)OCC1Cc2ccc(-c3cnc4c(=O)n(CC5(O)CCNCC5)cnn34)cc2C1. The lowest BCUT2D eigenvalue weighted by molar-refractivity contribution is -0.00643. The first-order chi connectivity index (χ1) is 15.4. The number of nitrogens with one attached hydrogen (secondary N) is 1. The van der Waals surface area contributed by atoms with Gasteiger partial charge in [-0.1, -0.05) is 12.1 Å². The molecule has 0 bridgehead atoms. The van der Waals surface area contributed by atoms with Crippen molar-refractivity contribution >= 4 is 11.7 Å². The summed E-state index contributed by atoms with van der Waals surface area (Å²) in [4.78, 5) is 28.2. The Balaban J connectivity index is 1.41. The van der Waals surface area contributed by atoms with E-state index in [4.69, 9.17) is 10.5 Å². The number of carbonyl (C=O) groups excluding carboxylic acids is 1. The van der Waals surface area contributed by atoms with E-state index in [1.807, 2.05) is 6.07 Å². The molecule has 2 aromatic heterocycles. The Labute approximate surface area is 184 Å². The van der Waals surface area contributed by atoms with E-state index in [9.17, 15) is 14.7 Å². The first kappa shape index (κ1) is 20.7.